The molecule has 0 unspecified atom stereocenters. The molecular formula is C25H25F2N3O4S. The van der Waals surface area contributed by atoms with Crippen molar-refractivity contribution in [2.24, 2.45) is 0 Å². The van der Waals surface area contributed by atoms with E-state index >= 15 is 0 Å². The number of nitrogens with zero attached hydrogens (tertiary/aromatic N) is 3. The number of hydrogen-bond donors (Lipinski definition) is 0. The van der Waals surface area contributed by atoms with Gasteiger partial charge in [0.05, 0.1) is 17.7 Å². The lowest BCUT2D eigenvalue weighted by Crippen LogP contribution is -2.52. The van der Waals surface area contributed by atoms with Crippen molar-refractivity contribution in [2.45, 2.75) is 4.90 Å². The van der Waals surface area contributed by atoms with Gasteiger partial charge < -0.3 is 14.5 Å². The molecule has 0 spiro atoms. The molecule has 4 rings (SSSR count). The molecular weight excluding hydrogens is 476 g/mol. The van der Waals surface area contributed by atoms with Crippen LogP contribution in [0.5, 0.6) is 5.75 Å². The van der Waals surface area contributed by atoms with Crippen LogP contribution in [0, 0.1) is 11.6 Å². The molecule has 7 nitrogen and oxygen atoms in total. The van der Waals surface area contributed by atoms with E-state index in [0.717, 1.165) is 16.1 Å². The third-order valence-corrected chi connectivity index (χ3v) is 7.65. The third kappa shape index (κ3) is 5.37. The molecule has 35 heavy (non-hydrogen) atoms. The largest absolute Gasteiger partial charge is 0.497 e. The van der Waals surface area contributed by atoms with Crippen molar-refractivity contribution in [1.29, 1.82) is 0 Å². The van der Waals surface area contributed by atoms with Crippen LogP contribution in [0.1, 0.15) is 0 Å². The zero-order valence-corrected chi connectivity index (χ0v) is 19.9. The maximum Gasteiger partial charge on any atom is 0.264 e. The van der Waals surface area contributed by atoms with Gasteiger partial charge in [-0.25, -0.2) is 17.2 Å². The average Bonchev–Trinajstić information content (AvgIpc) is 2.88. The third-order valence-electron chi connectivity index (χ3n) is 5.87. The van der Waals surface area contributed by atoms with Crippen LogP contribution < -0.4 is 13.9 Å². The van der Waals surface area contributed by atoms with Gasteiger partial charge in [-0.1, -0.05) is 12.1 Å². The number of methoxy groups -OCH3 is 1. The minimum Gasteiger partial charge on any atom is -0.497 e. The minimum atomic E-state index is -4.25. The summed E-state index contributed by atoms with van der Waals surface area (Å²) in [6.45, 7) is 1.16. The number of anilines is 2. The van der Waals surface area contributed by atoms with Crippen molar-refractivity contribution in [3.8, 4) is 5.75 Å². The second-order valence-electron chi connectivity index (χ2n) is 7.98. The van der Waals surface area contributed by atoms with Crippen LogP contribution in [0.25, 0.3) is 0 Å². The summed E-state index contributed by atoms with van der Waals surface area (Å²) in [6.07, 6.45) is 0. The number of piperazine rings is 1. The second-order valence-corrected chi connectivity index (χ2v) is 9.85. The standard InChI is InChI=1S/C25H25F2N3O4S/c1-34-21-10-12-22(13-11-21)35(32,33)30(24-5-3-2-4-23(24)27)18-25(31)29-16-14-28(15-17-29)20-8-6-19(26)7-9-20/h2-13H,14-18H2,1H3. The van der Waals surface area contributed by atoms with Crippen molar-refractivity contribution >= 4 is 27.3 Å². The van der Waals surface area contributed by atoms with Gasteiger partial charge in [-0.05, 0) is 60.7 Å². The van der Waals surface area contributed by atoms with Gasteiger partial charge in [0.2, 0.25) is 5.91 Å². The zero-order valence-electron chi connectivity index (χ0n) is 19.1. The fraction of sp³-hybridized carbons (Fsp3) is 0.240. The number of ether oxygens (including phenoxy) is 1. The average molecular weight is 502 g/mol. The number of carbonyl (C=O) groups excluding carboxylic acids is 1. The lowest BCUT2D eigenvalue weighted by Gasteiger charge is -2.37. The van der Waals surface area contributed by atoms with E-state index < -0.39 is 28.3 Å². The quantitative estimate of drug-likeness (QED) is 0.496. The molecule has 1 heterocycles. The summed E-state index contributed by atoms with van der Waals surface area (Å²) in [5.74, 6) is -1.05. The summed E-state index contributed by atoms with van der Waals surface area (Å²) in [4.78, 5) is 16.7. The fourth-order valence-corrected chi connectivity index (χ4v) is 5.34. The smallest absolute Gasteiger partial charge is 0.264 e. The fourth-order valence-electron chi connectivity index (χ4n) is 3.92. The summed E-state index contributed by atoms with van der Waals surface area (Å²) >= 11 is 0. The molecule has 1 amide bonds. The van der Waals surface area contributed by atoms with Gasteiger partial charge in [-0.2, -0.15) is 0 Å². The first-order valence-corrected chi connectivity index (χ1v) is 12.4. The Labute approximate surface area is 203 Å². The zero-order chi connectivity index (χ0) is 25.0. The van der Waals surface area contributed by atoms with E-state index in [0.29, 0.717) is 31.9 Å². The summed E-state index contributed by atoms with van der Waals surface area (Å²) in [7, 11) is -2.79. The van der Waals surface area contributed by atoms with E-state index in [-0.39, 0.29) is 16.4 Å². The number of benzene rings is 3. The molecule has 0 bridgehead atoms. The summed E-state index contributed by atoms with van der Waals surface area (Å²) in [5, 5.41) is 0. The Bertz CT molecular complexity index is 1280. The van der Waals surface area contributed by atoms with Crippen molar-refractivity contribution < 1.29 is 26.7 Å². The molecule has 1 aliphatic heterocycles. The Kier molecular flexibility index (Phi) is 7.20. The van der Waals surface area contributed by atoms with Crippen molar-refractivity contribution in [3.63, 3.8) is 0 Å². The Hall–Kier alpha value is -3.66. The van der Waals surface area contributed by atoms with E-state index in [1.54, 1.807) is 17.0 Å². The van der Waals surface area contributed by atoms with Crippen LogP contribution in [0.15, 0.2) is 77.7 Å². The highest BCUT2D eigenvalue weighted by Crippen LogP contribution is 2.27. The summed E-state index contributed by atoms with van der Waals surface area (Å²) < 4.78 is 60.7. The van der Waals surface area contributed by atoms with E-state index in [2.05, 4.69) is 0 Å². The molecule has 0 N–H and O–H groups in total. The van der Waals surface area contributed by atoms with Gasteiger partial charge in [-0.3, -0.25) is 9.10 Å². The maximum absolute atomic E-state index is 14.7. The Morgan fingerprint density at radius 2 is 1.54 bits per heavy atom. The highest BCUT2D eigenvalue weighted by Gasteiger charge is 2.31. The van der Waals surface area contributed by atoms with Crippen LogP contribution in [-0.4, -0.2) is 59.1 Å². The Balaban J connectivity index is 1.54. The molecule has 1 fully saturated rings. The van der Waals surface area contributed by atoms with Crippen LogP contribution in [-0.2, 0) is 14.8 Å². The maximum atomic E-state index is 14.7. The highest BCUT2D eigenvalue weighted by atomic mass is 32.2. The van der Waals surface area contributed by atoms with E-state index in [4.69, 9.17) is 4.74 Å². The second kappa shape index (κ2) is 10.3. The van der Waals surface area contributed by atoms with E-state index in [9.17, 15) is 22.0 Å². The minimum absolute atomic E-state index is 0.0875. The molecule has 0 radical (unpaired) electrons. The van der Waals surface area contributed by atoms with Crippen molar-refractivity contribution in [2.75, 3.05) is 49.0 Å². The molecule has 184 valence electrons. The van der Waals surface area contributed by atoms with Crippen LogP contribution >= 0.6 is 0 Å². The molecule has 1 saturated heterocycles. The molecule has 10 heteroatoms. The number of amides is 1. The predicted octanol–water partition coefficient (Wildman–Crippen LogP) is 3.52. The first-order chi connectivity index (χ1) is 16.8. The topological polar surface area (TPSA) is 70.2 Å². The van der Waals surface area contributed by atoms with E-state index in [1.807, 2.05) is 4.90 Å². The van der Waals surface area contributed by atoms with Gasteiger partial charge in [-0.15, -0.1) is 0 Å². The molecule has 3 aromatic carbocycles. The highest BCUT2D eigenvalue weighted by molar-refractivity contribution is 7.92. The van der Waals surface area contributed by atoms with Gasteiger partial charge in [0.1, 0.15) is 23.9 Å². The Morgan fingerprint density at radius 1 is 0.914 bits per heavy atom. The number of carbonyl (C=O) groups is 1. The van der Waals surface area contributed by atoms with Crippen LogP contribution in [0.3, 0.4) is 0 Å². The number of halogens is 2. The molecule has 0 atom stereocenters. The summed E-state index contributed by atoms with van der Waals surface area (Å²) in [6, 6.07) is 17.2. The number of sulfonamides is 1. The lowest BCUT2D eigenvalue weighted by molar-refractivity contribution is -0.129. The number of hydrogen-bond acceptors (Lipinski definition) is 5. The number of rotatable bonds is 7. The first-order valence-electron chi connectivity index (χ1n) is 11.0. The molecule has 0 aliphatic carbocycles. The predicted molar refractivity (Wildman–Crippen MR) is 129 cm³/mol. The van der Waals surface area contributed by atoms with Gasteiger partial charge in [0.25, 0.3) is 10.0 Å². The molecule has 0 aromatic heterocycles. The summed E-state index contributed by atoms with van der Waals surface area (Å²) in [5.41, 5.74) is 0.634. The number of para-hydroxylation sites is 1. The monoisotopic (exact) mass is 501 g/mol. The van der Waals surface area contributed by atoms with Gasteiger partial charge in [0, 0.05) is 31.9 Å². The first kappa shape index (κ1) is 24.5. The molecule has 0 saturated carbocycles. The normalized spacial score (nSPS) is 14.0. The van der Waals surface area contributed by atoms with E-state index in [1.165, 1.54) is 61.7 Å². The van der Waals surface area contributed by atoms with Crippen LogP contribution in [0.2, 0.25) is 0 Å². The van der Waals surface area contributed by atoms with Crippen molar-refractivity contribution in [1.82, 2.24) is 4.90 Å². The lowest BCUT2D eigenvalue weighted by atomic mass is 10.2. The molecule has 1 aliphatic rings. The van der Waals surface area contributed by atoms with Crippen LogP contribution in [0.4, 0.5) is 20.2 Å². The SMILES string of the molecule is COc1ccc(S(=O)(=O)N(CC(=O)N2CCN(c3ccc(F)cc3)CC2)c2ccccc2F)cc1. The van der Waals surface area contributed by atoms with Gasteiger partial charge >= 0.3 is 0 Å². The van der Waals surface area contributed by atoms with Crippen molar-refractivity contribution in [3.05, 3.63) is 84.4 Å². The molecule has 3 aromatic rings. The Morgan fingerprint density at radius 3 is 2.14 bits per heavy atom. The van der Waals surface area contributed by atoms with Gasteiger partial charge in [0.15, 0.2) is 0 Å².